The summed E-state index contributed by atoms with van der Waals surface area (Å²) in [7, 11) is 0. The molecule has 0 bridgehead atoms. The first kappa shape index (κ1) is 34.1. The first-order valence-corrected chi connectivity index (χ1v) is 16.3. The summed E-state index contributed by atoms with van der Waals surface area (Å²) in [5.41, 5.74) is 16.0. The van der Waals surface area contributed by atoms with Crippen molar-refractivity contribution in [2.45, 2.75) is 70.1 Å². The van der Waals surface area contributed by atoms with Crippen molar-refractivity contribution >= 4 is 34.4 Å². The molecule has 5 rings (SSSR count). The third-order valence-electron chi connectivity index (χ3n) is 9.04. The topological polar surface area (TPSA) is 168 Å². The molecule has 1 aliphatic rings. The minimum absolute atomic E-state index is 0.165. The SMILES string of the molecule is Cc1cc(CC(N)C(=O)N2CCCC2C(=O)NC(Cc2ccccc2)C(=O)NC(Cc2cccc3ccccc23)C(N)=O)cc(C)c1O. The van der Waals surface area contributed by atoms with Gasteiger partial charge < -0.3 is 32.1 Å². The molecule has 10 heteroatoms. The molecule has 4 amide bonds. The number of amides is 4. The van der Waals surface area contributed by atoms with Crippen molar-refractivity contribution in [3.05, 3.63) is 113 Å². The van der Waals surface area contributed by atoms with Crippen LogP contribution in [0.5, 0.6) is 5.75 Å². The number of hydrogen-bond acceptors (Lipinski definition) is 6. The second-order valence-electron chi connectivity index (χ2n) is 12.6. The maximum atomic E-state index is 13.8. The van der Waals surface area contributed by atoms with Crippen molar-refractivity contribution in [2.75, 3.05) is 6.54 Å². The molecule has 7 N–H and O–H groups in total. The predicted octanol–water partition coefficient (Wildman–Crippen LogP) is 2.96. The lowest BCUT2D eigenvalue weighted by Gasteiger charge is -2.29. The highest BCUT2D eigenvalue weighted by molar-refractivity contribution is 5.95. The van der Waals surface area contributed by atoms with Crippen molar-refractivity contribution in [3.63, 3.8) is 0 Å². The molecule has 0 saturated carbocycles. The molecule has 1 fully saturated rings. The Bertz CT molecular complexity index is 1780. The summed E-state index contributed by atoms with van der Waals surface area (Å²) in [5, 5.41) is 17.7. The van der Waals surface area contributed by atoms with Gasteiger partial charge in [0.25, 0.3) is 0 Å². The lowest BCUT2D eigenvalue weighted by atomic mass is 9.98. The quantitative estimate of drug-likeness (QED) is 0.158. The average Bonchev–Trinajstić information content (AvgIpc) is 3.57. The van der Waals surface area contributed by atoms with Crippen LogP contribution in [-0.2, 0) is 38.4 Å². The van der Waals surface area contributed by atoms with Crippen LogP contribution in [0.3, 0.4) is 0 Å². The van der Waals surface area contributed by atoms with E-state index in [0.717, 1.165) is 27.5 Å². The molecule has 1 aliphatic heterocycles. The number of nitrogens with two attached hydrogens (primary N) is 2. The zero-order valence-electron chi connectivity index (χ0n) is 27.3. The van der Waals surface area contributed by atoms with E-state index in [1.165, 1.54) is 4.90 Å². The number of carbonyl (C=O) groups excluding carboxylic acids is 4. The zero-order chi connectivity index (χ0) is 34.4. The number of hydrogen-bond donors (Lipinski definition) is 5. The number of carbonyl (C=O) groups is 4. The van der Waals surface area contributed by atoms with Crippen LogP contribution in [0.15, 0.2) is 84.9 Å². The van der Waals surface area contributed by atoms with Crippen molar-refractivity contribution < 1.29 is 24.3 Å². The van der Waals surface area contributed by atoms with E-state index < -0.39 is 41.9 Å². The van der Waals surface area contributed by atoms with Crippen LogP contribution in [0, 0.1) is 13.8 Å². The lowest BCUT2D eigenvalue weighted by molar-refractivity contribution is -0.140. The van der Waals surface area contributed by atoms with Crippen LogP contribution in [0.25, 0.3) is 10.8 Å². The smallest absolute Gasteiger partial charge is 0.243 e. The molecule has 4 unspecified atom stereocenters. The molecule has 4 atom stereocenters. The molecular formula is C38H43N5O5. The Balaban J connectivity index is 1.31. The van der Waals surface area contributed by atoms with Gasteiger partial charge in [0.05, 0.1) is 6.04 Å². The molecule has 0 aliphatic carbocycles. The molecule has 4 aromatic carbocycles. The van der Waals surface area contributed by atoms with Gasteiger partial charge in [0.1, 0.15) is 23.9 Å². The first-order valence-electron chi connectivity index (χ1n) is 16.3. The largest absolute Gasteiger partial charge is 0.507 e. The number of likely N-dealkylation sites (tertiary alicyclic amines) is 1. The average molecular weight is 650 g/mol. The highest BCUT2D eigenvalue weighted by Gasteiger charge is 2.38. The standard InChI is InChI=1S/C38H43N5O5/c1-23-18-26(19-24(2)34(23)44)20-30(39)38(48)43-17-9-16-33(43)37(47)42-32(21-25-10-4-3-5-11-25)36(46)41-31(35(40)45)22-28-14-8-13-27-12-6-7-15-29(27)28/h3-8,10-15,18-19,30-33,44H,9,16-17,20-22,39H2,1-2H3,(H2,40,45)(H,41,46)(H,42,47). The van der Waals surface area contributed by atoms with Crippen molar-refractivity contribution in [3.8, 4) is 5.75 Å². The fourth-order valence-corrected chi connectivity index (χ4v) is 6.53. The highest BCUT2D eigenvalue weighted by atomic mass is 16.3. The van der Waals surface area contributed by atoms with Crippen LogP contribution in [0.2, 0.25) is 0 Å². The number of fused-ring (bicyclic) bond motifs is 1. The molecule has 250 valence electrons. The summed E-state index contributed by atoms with van der Waals surface area (Å²) in [5.74, 6) is -1.86. The van der Waals surface area contributed by atoms with Gasteiger partial charge in [-0.15, -0.1) is 0 Å². The number of primary amides is 1. The molecule has 0 radical (unpaired) electrons. The second kappa shape index (κ2) is 15.1. The van der Waals surface area contributed by atoms with E-state index in [2.05, 4.69) is 10.6 Å². The highest BCUT2D eigenvalue weighted by Crippen LogP contribution is 2.25. The zero-order valence-corrected chi connectivity index (χ0v) is 27.3. The van der Waals surface area contributed by atoms with Gasteiger partial charge in [-0.3, -0.25) is 19.2 Å². The van der Waals surface area contributed by atoms with E-state index in [9.17, 15) is 24.3 Å². The summed E-state index contributed by atoms with van der Waals surface area (Å²) >= 11 is 0. The van der Waals surface area contributed by atoms with Gasteiger partial charge in [-0.25, -0.2) is 0 Å². The summed E-state index contributed by atoms with van der Waals surface area (Å²) in [6.45, 7) is 3.94. The molecule has 0 aromatic heterocycles. The number of aryl methyl sites for hydroxylation is 2. The first-order chi connectivity index (χ1) is 23.0. The number of rotatable bonds is 12. The van der Waals surface area contributed by atoms with Crippen LogP contribution in [0.1, 0.15) is 40.7 Å². The summed E-state index contributed by atoms with van der Waals surface area (Å²) < 4.78 is 0. The van der Waals surface area contributed by atoms with Crippen molar-refractivity contribution in [2.24, 2.45) is 11.5 Å². The Hall–Kier alpha value is -5.22. The Morgan fingerprint density at radius 2 is 1.50 bits per heavy atom. The van der Waals surface area contributed by atoms with Crippen LogP contribution >= 0.6 is 0 Å². The molecule has 1 heterocycles. The number of nitrogens with zero attached hydrogens (tertiary/aromatic N) is 1. The fraction of sp³-hybridized carbons (Fsp3) is 0.316. The van der Waals surface area contributed by atoms with Gasteiger partial charge in [-0.05, 0) is 71.7 Å². The summed E-state index contributed by atoms with van der Waals surface area (Å²) in [6.07, 6.45) is 1.62. The maximum absolute atomic E-state index is 13.8. The Morgan fingerprint density at radius 3 is 2.21 bits per heavy atom. The molecule has 48 heavy (non-hydrogen) atoms. The van der Waals surface area contributed by atoms with Gasteiger partial charge in [0, 0.05) is 19.4 Å². The number of phenolic OH excluding ortho intramolecular Hbond substituents is 1. The fourth-order valence-electron chi connectivity index (χ4n) is 6.53. The monoisotopic (exact) mass is 649 g/mol. The number of aromatic hydroxyl groups is 1. The molecule has 10 nitrogen and oxygen atoms in total. The third kappa shape index (κ3) is 8.01. The minimum Gasteiger partial charge on any atom is -0.507 e. The molecule has 4 aromatic rings. The van der Waals surface area contributed by atoms with Crippen molar-refractivity contribution in [1.29, 1.82) is 0 Å². The Labute approximate surface area is 280 Å². The van der Waals surface area contributed by atoms with Crippen LogP contribution in [-0.4, -0.2) is 64.3 Å². The predicted molar refractivity (Wildman–Crippen MR) is 185 cm³/mol. The molecule has 0 spiro atoms. The number of phenols is 1. The van der Waals surface area contributed by atoms with E-state index in [-0.39, 0.29) is 30.9 Å². The summed E-state index contributed by atoms with van der Waals surface area (Å²) in [6, 6.07) is 22.6. The normalized spacial score (nSPS) is 16.2. The van der Waals surface area contributed by atoms with E-state index in [0.29, 0.717) is 30.5 Å². The molecular weight excluding hydrogens is 606 g/mol. The van der Waals surface area contributed by atoms with E-state index in [4.69, 9.17) is 11.5 Å². The molecule has 1 saturated heterocycles. The minimum atomic E-state index is -1.04. The lowest BCUT2D eigenvalue weighted by Crippen LogP contribution is -2.58. The van der Waals surface area contributed by atoms with Gasteiger partial charge in [-0.2, -0.15) is 0 Å². The third-order valence-corrected chi connectivity index (χ3v) is 9.04. The maximum Gasteiger partial charge on any atom is 0.243 e. The Kier molecular flexibility index (Phi) is 10.8. The van der Waals surface area contributed by atoms with E-state index in [1.54, 1.807) is 26.0 Å². The van der Waals surface area contributed by atoms with Crippen LogP contribution < -0.4 is 22.1 Å². The number of nitrogens with one attached hydrogen (secondary N) is 2. The van der Waals surface area contributed by atoms with Gasteiger partial charge in [0.15, 0.2) is 0 Å². The van der Waals surface area contributed by atoms with E-state index in [1.807, 2.05) is 72.8 Å². The van der Waals surface area contributed by atoms with Crippen molar-refractivity contribution in [1.82, 2.24) is 15.5 Å². The number of benzene rings is 4. The van der Waals surface area contributed by atoms with E-state index >= 15 is 0 Å². The summed E-state index contributed by atoms with van der Waals surface area (Å²) in [4.78, 5) is 55.2. The second-order valence-corrected chi connectivity index (χ2v) is 12.6. The Morgan fingerprint density at radius 1 is 0.833 bits per heavy atom. The van der Waals surface area contributed by atoms with Crippen LogP contribution in [0.4, 0.5) is 0 Å². The van der Waals surface area contributed by atoms with Gasteiger partial charge in [-0.1, -0.05) is 84.9 Å². The van der Waals surface area contributed by atoms with Gasteiger partial charge >= 0.3 is 0 Å². The van der Waals surface area contributed by atoms with Gasteiger partial charge in [0.2, 0.25) is 23.6 Å².